The van der Waals surface area contributed by atoms with Gasteiger partial charge in [0.25, 0.3) is 0 Å². The van der Waals surface area contributed by atoms with Crippen LogP contribution in [0.1, 0.15) is 49.9 Å². The number of rotatable bonds is 11. The van der Waals surface area contributed by atoms with Crippen LogP contribution in [0, 0.1) is 0 Å². The molecule has 0 fully saturated rings. The standard InChI is InChI=1S/C25H21N.C22H15NO.C21H19NO.C18H13NO2.C18H15N/c1-25(2)23-15-18-9-7-6-8-17(18)14-22(23)21-13-12-20(16-24(21)25)26-19-10-4-3-5-11-19;1-2-7-16(8-3-1)23-17-11-13-21-20(14-17)19-12-10-15-6-4-5-9-18(15)22(19)24-21;1-21(2)17-10-6-7-11-19(17)23-20-14-16(12-13-18(20)21)22-15-8-4-3-5-9-15;1-2-6-13(7-3-1)19-14-10-11-17-18(12-14)21-16-9-5-4-8-15(16)20-17;1-3-7-15(8-4-1)16-11-13-18(14-12-16)19-17-9-5-2-6-10-17/h3-16,26H,1-2H3;1-14,23H;3-14,22H,1-2H3;1-12,19H;1-14,19H. The minimum Gasteiger partial charge on any atom is -0.457 e. The van der Waals surface area contributed by atoms with E-state index in [9.17, 15) is 0 Å². The highest BCUT2D eigenvalue weighted by atomic mass is 16.6. The highest BCUT2D eigenvalue weighted by Gasteiger charge is 2.37. The summed E-state index contributed by atoms with van der Waals surface area (Å²) in [5.74, 6) is 4.80. The number of benzene rings is 17. The molecule has 0 bridgehead atoms. The van der Waals surface area contributed by atoms with Gasteiger partial charge in [0.05, 0.1) is 0 Å². The normalized spacial score (nSPS) is 12.4. The number of fused-ring (bicyclic) bond motifs is 13. The van der Waals surface area contributed by atoms with Gasteiger partial charge in [0.15, 0.2) is 23.0 Å². The number of para-hydroxylation sites is 8. The van der Waals surface area contributed by atoms with E-state index in [0.717, 1.165) is 119 Å². The summed E-state index contributed by atoms with van der Waals surface area (Å²) in [5, 5.41) is 24.4. The van der Waals surface area contributed by atoms with Crippen molar-refractivity contribution in [2.75, 3.05) is 26.6 Å². The first-order valence-corrected chi connectivity index (χ1v) is 38.2. The van der Waals surface area contributed by atoms with Gasteiger partial charge in [0, 0.05) is 107 Å². The largest absolute Gasteiger partial charge is 0.457 e. The minimum absolute atomic E-state index is 0.00305. The third-order valence-corrected chi connectivity index (χ3v) is 20.9. The highest BCUT2D eigenvalue weighted by Crippen LogP contribution is 2.52. The SMILES string of the molecule is CC1(C)c2cc(Nc3ccccc3)ccc2-c2cc3ccccc3cc21.CC1(C)c2ccccc2Oc2cc(Nc3ccccc3)ccc21.c1ccc(Nc2ccc(-c3ccccc3)cc2)cc1.c1ccc(Nc2ccc3c(c2)Oc2ccccc2O3)cc1.c1ccc(Nc2ccc3oc4c5ccccc5ccc4c3c2)cc1. The van der Waals surface area contributed by atoms with Crippen molar-refractivity contribution in [3.63, 3.8) is 0 Å². The Morgan fingerprint density at radius 2 is 0.584 bits per heavy atom. The Morgan fingerprint density at radius 1 is 0.204 bits per heavy atom. The smallest absolute Gasteiger partial charge is 0.172 e. The number of nitrogens with one attached hydrogen (secondary N) is 5. The Bertz CT molecular complexity index is 6350. The van der Waals surface area contributed by atoms with Crippen molar-refractivity contribution in [1.29, 1.82) is 0 Å². The van der Waals surface area contributed by atoms with Crippen molar-refractivity contribution in [2.24, 2.45) is 0 Å². The fourth-order valence-electron chi connectivity index (χ4n) is 15.0. The topological polar surface area (TPSA) is 101 Å². The number of ether oxygens (including phenoxy) is 3. The van der Waals surface area contributed by atoms with Crippen molar-refractivity contribution in [2.45, 2.75) is 38.5 Å². The zero-order chi connectivity index (χ0) is 76.5. The van der Waals surface area contributed by atoms with Crippen LogP contribution in [0.5, 0.6) is 34.5 Å². The molecule has 2 aliphatic heterocycles. The third kappa shape index (κ3) is 15.9. The molecule has 0 radical (unpaired) electrons. The summed E-state index contributed by atoms with van der Waals surface area (Å²) in [6.45, 7) is 9.16. The lowest BCUT2D eigenvalue weighted by Gasteiger charge is -2.34. The van der Waals surface area contributed by atoms with E-state index in [4.69, 9.17) is 18.6 Å². The number of hydrogen-bond donors (Lipinski definition) is 5. The molecule has 548 valence electrons. The Hall–Kier alpha value is -14.5. The molecule has 0 spiro atoms. The number of furan rings is 1. The Morgan fingerprint density at radius 3 is 1.18 bits per heavy atom. The molecule has 17 aromatic carbocycles. The second-order valence-corrected chi connectivity index (χ2v) is 29.3. The Kier molecular flexibility index (Phi) is 20.2. The van der Waals surface area contributed by atoms with Gasteiger partial charge in [-0.05, 0) is 207 Å². The maximum atomic E-state index is 6.15. The molecule has 9 nitrogen and oxygen atoms in total. The second kappa shape index (κ2) is 32.0. The first-order chi connectivity index (χ1) is 55.4. The lowest BCUT2D eigenvalue weighted by Crippen LogP contribution is -2.24. The molecule has 18 aromatic rings. The van der Waals surface area contributed by atoms with E-state index < -0.39 is 0 Å². The molecule has 0 unspecified atom stereocenters. The van der Waals surface area contributed by atoms with Crippen molar-refractivity contribution < 1.29 is 18.6 Å². The molecule has 113 heavy (non-hydrogen) atoms. The summed E-state index contributed by atoms with van der Waals surface area (Å²) < 4.78 is 24.0. The molecule has 0 saturated carbocycles. The molecule has 0 atom stereocenters. The van der Waals surface area contributed by atoms with Crippen LogP contribution in [0.2, 0.25) is 0 Å². The summed E-state index contributed by atoms with van der Waals surface area (Å²) in [7, 11) is 0. The predicted octanol–water partition coefficient (Wildman–Crippen LogP) is 29.7. The molecule has 0 saturated heterocycles. The lowest BCUT2D eigenvalue weighted by atomic mass is 9.76. The monoisotopic (exact) mass is 1470 g/mol. The summed E-state index contributed by atoms with van der Waals surface area (Å²) in [4.78, 5) is 0. The Labute approximate surface area is 659 Å². The average molecular weight is 1470 g/mol. The van der Waals surface area contributed by atoms with E-state index in [-0.39, 0.29) is 10.8 Å². The summed E-state index contributed by atoms with van der Waals surface area (Å²) in [6, 6.07) is 137. The molecule has 1 aromatic heterocycles. The molecular formula is C104H83N5O4. The first kappa shape index (κ1) is 71.4. The van der Waals surface area contributed by atoms with Gasteiger partial charge in [-0.2, -0.15) is 0 Å². The number of hydrogen-bond acceptors (Lipinski definition) is 9. The molecule has 0 amide bonds. The van der Waals surface area contributed by atoms with Gasteiger partial charge in [-0.25, -0.2) is 0 Å². The Balaban J connectivity index is 0.000000103. The fourth-order valence-corrected chi connectivity index (χ4v) is 15.0. The third-order valence-electron chi connectivity index (χ3n) is 20.9. The van der Waals surface area contributed by atoms with E-state index >= 15 is 0 Å². The molecule has 3 aliphatic rings. The number of anilines is 10. The molecule has 5 N–H and O–H groups in total. The van der Waals surface area contributed by atoms with E-state index in [1.807, 2.05) is 158 Å². The summed E-state index contributed by atoms with van der Waals surface area (Å²) >= 11 is 0. The van der Waals surface area contributed by atoms with Gasteiger partial charge in [0.1, 0.15) is 22.7 Å². The predicted molar refractivity (Wildman–Crippen MR) is 471 cm³/mol. The van der Waals surface area contributed by atoms with Crippen LogP contribution in [0.4, 0.5) is 56.9 Å². The van der Waals surface area contributed by atoms with E-state index in [2.05, 4.69) is 297 Å². The van der Waals surface area contributed by atoms with Gasteiger partial charge in [-0.1, -0.05) is 258 Å². The van der Waals surface area contributed by atoms with Crippen LogP contribution < -0.4 is 40.8 Å². The van der Waals surface area contributed by atoms with Crippen LogP contribution in [-0.4, -0.2) is 0 Å². The van der Waals surface area contributed by atoms with E-state index in [0.29, 0.717) is 0 Å². The van der Waals surface area contributed by atoms with Crippen LogP contribution in [0.25, 0.3) is 65.7 Å². The van der Waals surface area contributed by atoms with Crippen LogP contribution in [0.3, 0.4) is 0 Å². The molecular weight excluding hydrogens is 1380 g/mol. The lowest BCUT2D eigenvalue weighted by molar-refractivity contribution is 0.360. The van der Waals surface area contributed by atoms with Crippen molar-refractivity contribution in [1.82, 2.24) is 0 Å². The van der Waals surface area contributed by atoms with E-state index in [1.54, 1.807) is 0 Å². The second-order valence-electron chi connectivity index (χ2n) is 29.3. The maximum absolute atomic E-state index is 6.15. The van der Waals surface area contributed by atoms with Crippen molar-refractivity contribution in [3.05, 3.63) is 423 Å². The van der Waals surface area contributed by atoms with Crippen LogP contribution in [-0.2, 0) is 10.8 Å². The van der Waals surface area contributed by atoms with Crippen LogP contribution in [0.15, 0.2) is 405 Å². The fraction of sp³-hybridized carbons (Fsp3) is 0.0577. The van der Waals surface area contributed by atoms with Crippen molar-refractivity contribution >= 4 is 100 Å². The quantitative estimate of drug-likeness (QED) is 0.0867. The van der Waals surface area contributed by atoms with Gasteiger partial charge < -0.3 is 45.2 Å². The van der Waals surface area contributed by atoms with Crippen LogP contribution >= 0.6 is 0 Å². The van der Waals surface area contributed by atoms with Gasteiger partial charge >= 0.3 is 0 Å². The van der Waals surface area contributed by atoms with Gasteiger partial charge in [0.2, 0.25) is 0 Å². The minimum atomic E-state index is -0.0601. The molecule has 21 rings (SSSR count). The molecule has 3 heterocycles. The van der Waals surface area contributed by atoms with E-state index in [1.165, 1.54) is 60.7 Å². The zero-order valence-corrected chi connectivity index (χ0v) is 63.2. The van der Waals surface area contributed by atoms with Gasteiger partial charge in [-0.3, -0.25) is 0 Å². The zero-order valence-electron chi connectivity index (χ0n) is 63.2. The first-order valence-electron chi connectivity index (χ1n) is 38.2. The maximum Gasteiger partial charge on any atom is 0.172 e. The average Bonchev–Trinajstić information content (AvgIpc) is 1.54. The highest BCUT2D eigenvalue weighted by molar-refractivity contribution is 6.15. The molecule has 1 aliphatic carbocycles. The van der Waals surface area contributed by atoms with Gasteiger partial charge in [-0.15, -0.1) is 0 Å². The summed E-state index contributed by atoms with van der Waals surface area (Å²) in [5.41, 5.74) is 23.0. The van der Waals surface area contributed by atoms with Crippen molar-refractivity contribution in [3.8, 4) is 56.8 Å². The molecule has 9 heteroatoms. The summed E-state index contributed by atoms with van der Waals surface area (Å²) in [6.07, 6.45) is 0.